The average molecular weight is 573 g/mol. The average Bonchev–Trinajstić information content (AvgIpc) is 3.02. The molecule has 0 fully saturated rings. The van der Waals surface area contributed by atoms with Crippen LogP contribution >= 0.6 is 0 Å². The van der Waals surface area contributed by atoms with Gasteiger partial charge in [0.15, 0.2) is 0 Å². The number of anilines is 6. The van der Waals surface area contributed by atoms with Crippen LogP contribution in [0.3, 0.4) is 0 Å². The highest BCUT2D eigenvalue weighted by atomic mass is 15.2. The van der Waals surface area contributed by atoms with Crippen molar-refractivity contribution < 1.29 is 0 Å². The molecule has 0 spiro atoms. The molecule has 6 aromatic carbocycles. The largest absolute Gasteiger partial charge is 0.310 e. The summed E-state index contributed by atoms with van der Waals surface area (Å²) in [6, 6.07) is 48.3. The fourth-order valence-electron chi connectivity index (χ4n) is 6.21. The molecule has 0 N–H and O–H groups in total. The van der Waals surface area contributed by atoms with Crippen LogP contribution in [0.2, 0.25) is 0 Å². The Bertz CT molecular complexity index is 1720. The molecule has 0 atom stereocenters. The molecule has 0 aliphatic heterocycles. The minimum atomic E-state index is 1.19. The second kappa shape index (κ2) is 12.3. The van der Waals surface area contributed by atoms with Crippen LogP contribution in [0.1, 0.15) is 33.4 Å². The van der Waals surface area contributed by atoms with E-state index in [1.54, 1.807) is 0 Å². The number of benzene rings is 6. The van der Waals surface area contributed by atoms with Gasteiger partial charge in [-0.2, -0.15) is 0 Å². The van der Waals surface area contributed by atoms with Crippen molar-refractivity contribution in [3.8, 4) is 11.1 Å². The van der Waals surface area contributed by atoms with Crippen LogP contribution in [0.15, 0.2) is 133 Å². The van der Waals surface area contributed by atoms with Gasteiger partial charge in [0.25, 0.3) is 0 Å². The second-order valence-electron chi connectivity index (χ2n) is 11.8. The molecule has 0 unspecified atom stereocenters. The van der Waals surface area contributed by atoms with Gasteiger partial charge in [0.1, 0.15) is 0 Å². The standard InChI is InChI=1S/C42H40N2/c1-29-15-7-11-19-37(29)43(38-20-12-8-16-30(38)2)41-25-23-35(27-33(41)5)36-24-26-42(34(6)28-36)44(39-21-13-9-17-31(39)3)40-22-14-10-18-32(40)4/h7-28H,1-6H3. The van der Waals surface area contributed by atoms with Crippen molar-refractivity contribution in [3.63, 3.8) is 0 Å². The third-order valence-electron chi connectivity index (χ3n) is 8.63. The number of nitrogens with zero attached hydrogens (tertiary/aromatic N) is 2. The molecule has 0 aliphatic rings. The molecule has 2 nitrogen and oxygen atoms in total. The SMILES string of the molecule is Cc1ccccc1N(c1ccccc1C)c1ccc(-c2ccc(N(c3ccccc3C)c3ccccc3C)c(C)c2)cc1C. The van der Waals surface area contributed by atoms with E-state index >= 15 is 0 Å². The summed E-state index contributed by atoms with van der Waals surface area (Å²) >= 11 is 0. The monoisotopic (exact) mass is 572 g/mol. The zero-order chi connectivity index (χ0) is 30.8. The lowest BCUT2D eigenvalue weighted by Gasteiger charge is -2.30. The maximum atomic E-state index is 2.40. The van der Waals surface area contributed by atoms with Crippen LogP contribution in [0.4, 0.5) is 34.1 Å². The molecule has 6 aromatic rings. The van der Waals surface area contributed by atoms with Gasteiger partial charge in [-0.05, 0) is 135 Å². The molecule has 0 saturated carbocycles. The summed E-state index contributed by atoms with van der Waals surface area (Å²) < 4.78 is 0. The number of aryl methyl sites for hydroxylation is 6. The van der Waals surface area contributed by atoms with Crippen molar-refractivity contribution in [3.05, 3.63) is 167 Å². The topological polar surface area (TPSA) is 6.48 Å². The van der Waals surface area contributed by atoms with Crippen molar-refractivity contribution in [2.45, 2.75) is 41.5 Å². The molecule has 0 saturated heterocycles. The first-order valence-electron chi connectivity index (χ1n) is 15.4. The minimum Gasteiger partial charge on any atom is -0.310 e. The van der Waals surface area contributed by atoms with Gasteiger partial charge in [-0.3, -0.25) is 0 Å². The lowest BCUT2D eigenvalue weighted by atomic mass is 9.97. The van der Waals surface area contributed by atoms with Crippen molar-refractivity contribution in [2.24, 2.45) is 0 Å². The van der Waals surface area contributed by atoms with Gasteiger partial charge in [-0.15, -0.1) is 0 Å². The third kappa shape index (κ3) is 5.52. The summed E-state index contributed by atoms with van der Waals surface area (Å²) in [5.74, 6) is 0. The summed E-state index contributed by atoms with van der Waals surface area (Å²) in [6.45, 7) is 13.2. The predicted octanol–water partition coefficient (Wildman–Crippen LogP) is 12.1. The molecule has 218 valence electrons. The highest BCUT2D eigenvalue weighted by Gasteiger charge is 2.20. The van der Waals surface area contributed by atoms with Gasteiger partial charge in [0.2, 0.25) is 0 Å². The van der Waals surface area contributed by atoms with E-state index in [0.29, 0.717) is 0 Å². The molecule has 0 bridgehead atoms. The Morgan fingerprint density at radius 3 is 0.773 bits per heavy atom. The second-order valence-corrected chi connectivity index (χ2v) is 11.8. The highest BCUT2D eigenvalue weighted by molar-refractivity contribution is 5.85. The predicted molar refractivity (Wildman–Crippen MR) is 190 cm³/mol. The maximum absolute atomic E-state index is 2.40. The van der Waals surface area contributed by atoms with Gasteiger partial charge in [0, 0.05) is 34.1 Å². The summed E-state index contributed by atoms with van der Waals surface area (Å²) in [5.41, 5.74) is 17.1. The van der Waals surface area contributed by atoms with E-state index in [9.17, 15) is 0 Å². The molecule has 0 radical (unpaired) electrons. The quantitative estimate of drug-likeness (QED) is 0.188. The molecule has 0 aromatic heterocycles. The van der Waals surface area contributed by atoms with E-state index in [-0.39, 0.29) is 0 Å². The fraction of sp³-hybridized carbons (Fsp3) is 0.143. The van der Waals surface area contributed by atoms with Crippen LogP contribution in [0.25, 0.3) is 11.1 Å². The summed E-state index contributed by atoms with van der Waals surface area (Å²) in [5, 5.41) is 0. The maximum Gasteiger partial charge on any atom is 0.0491 e. The van der Waals surface area contributed by atoms with Crippen LogP contribution in [0.5, 0.6) is 0 Å². The van der Waals surface area contributed by atoms with Crippen molar-refractivity contribution in [1.29, 1.82) is 0 Å². The van der Waals surface area contributed by atoms with Crippen LogP contribution in [-0.4, -0.2) is 0 Å². The molecular weight excluding hydrogens is 532 g/mol. The van der Waals surface area contributed by atoms with Crippen molar-refractivity contribution in [1.82, 2.24) is 0 Å². The van der Waals surface area contributed by atoms with E-state index in [1.165, 1.54) is 78.6 Å². The van der Waals surface area contributed by atoms with Crippen LogP contribution < -0.4 is 9.80 Å². The molecule has 0 heterocycles. The normalized spacial score (nSPS) is 11.0. The zero-order valence-electron chi connectivity index (χ0n) is 26.6. The van der Waals surface area contributed by atoms with E-state index in [2.05, 4.69) is 185 Å². The van der Waals surface area contributed by atoms with Gasteiger partial charge in [-0.25, -0.2) is 0 Å². The Balaban J connectivity index is 1.42. The molecule has 2 heteroatoms. The number of hydrogen-bond donors (Lipinski definition) is 0. The number of rotatable bonds is 7. The summed E-state index contributed by atoms with van der Waals surface area (Å²) in [7, 11) is 0. The van der Waals surface area contributed by atoms with E-state index < -0.39 is 0 Å². The van der Waals surface area contributed by atoms with Crippen LogP contribution in [-0.2, 0) is 0 Å². The van der Waals surface area contributed by atoms with E-state index in [1.807, 2.05) is 0 Å². The van der Waals surface area contributed by atoms with Gasteiger partial charge >= 0.3 is 0 Å². The molecule has 0 aliphatic carbocycles. The van der Waals surface area contributed by atoms with E-state index in [4.69, 9.17) is 0 Å². The zero-order valence-corrected chi connectivity index (χ0v) is 26.6. The Morgan fingerprint density at radius 2 is 0.523 bits per heavy atom. The number of hydrogen-bond acceptors (Lipinski definition) is 2. The Labute approximate surface area is 262 Å². The highest BCUT2D eigenvalue weighted by Crippen LogP contribution is 2.43. The minimum absolute atomic E-state index is 1.19. The van der Waals surface area contributed by atoms with Crippen LogP contribution in [0, 0.1) is 41.5 Å². The lowest BCUT2D eigenvalue weighted by Crippen LogP contribution is -2.14. The van der Waals surface area contributed by atoms with Gasteiger partial charge < -0.3 is 9.80 Å². The van der Waals surface area contributed by atoms with Crippen molar-refractivity contribution in [2.75, 3.05) is 9.80 Å². The van der Waals surface area contributed by atoms with Gasteiger partial charge in [0.05, 0.1) is 0 Å². The first-order valence-corrected chi connectivity index (χ1v) is 15.4. The van der Waals surface area contributed by atoms with Crippen molar-refractivity contribution >= 4 is 34.1 Å². The Hall–Kier alpha value is -5.08. The molecule has 0 amide bonds. The number of para-hydroxylation sites is 4. The molecule has 44 heavy (non-hydrogen) atoms. The Morgan fingerprint density at radius 1 is 0.273 bits per heavy atom. The Kier molecular flexibility index (Phi) is 8.09. The summed E-state index contributed by atoms with van der Waals surface area (Å²) in [4.78, 5) is 4.81. The smallest absolute Gasteiger partial charge is 0.0491 e. The third-order valence-corrected chi connectivity index (χ3v) is 8.63. The molecular formula is C42H40N2. The lowest BCUT2D eigenvalue weighted by molar-refractivity contribution is 1.20. The summed E-state index contributed by atoms with van der Waals surface area (Å²) in [6.07, 6.45) is 0. The molecule has 6 rings (SSSR count). The fourth-order valence-corrected chi connectivity index (χ4v) is 6.21. The first kappa shape index (κ1) is 29.0. The first-order chi connectivity index (χ1) is 21.3. The van der Waals surface area contributed by atoms with Gasteiger partial charge in [-0.1, -0.05) is 84.9 Å². The van der Waals surface area contributed by atoms with E-state index in [0.717, 1.165) is 0 Å².